The number of nitrogens with two attached hydrogens (primary N) is 1. The molecule has 0 saturated heterocycles. The van der Waals surface area contributed by atoms with Gasteiger partial charge in [0.1, 0.15) is 0 Å². The molecule has 0 radical (unpaired) electrons. The van der Waals surface area contributed by atoms with Crippen molar-refractivity contribution in [3.8, 4) is 0 Å². The Bertz CT molecular complexity index is 374. The Kier molecular flexibility index (Phi) is 8.56. The minimum atomic E-state index is 0.297. The molecule has 0 aliphatic rings. The Labute approximate surface area is 125 Å². The molecule has 0 aliphatic heterocycles. The molecule has 0 bridgehead atoms. The van der Waals surface area contributed by atoms with Crippen molar-refractivity contribution in [3.63, 3.8) is 0 Å². The summed E-state index contributed by atoms with van der Waals surface area (Å²) in [4.78, 5) is 0. The third-order valence-electron chi connectivity index (χ3n) is 4.11. The molecule has 2 heteroatoms. The monoisotopic (exact) mass is 276 g/mol. The van der Waals surface area contributed by atoms with Crippen molar-refractivity contribution in [1.29, 1.82) is 0 Å². The largest absolute Gasteiger partial charge is 0.271 e. The van der Waals surface area contributed by atoms with E-state index in [2.05, 4.69) is 44.4 Å². The fourth-order valence-corrected chi connectivity index (χ4v) is 2.77. The van der Waals surface area contributed by atoms with Crippen LogP contribution in [0.2, 0.25) is 0 Å². The van der Waals surface area contributed by atoms with Crippen molar-refractivity contribution < 1.29 is 0 Å². The molecule has 0 saturated carbocycles. The van der Waals surface area contributed by atoms with Crippen LogP contribution >= 0.6 is 0 Å². The summed E-state index contributed by atoms with van der Waals surface area (Å²) in [6.45, 7) is 6.58. The van der Waals surface area contributed by atoms with E-state index in [-0.39, 0.29) is 0 Å². The van der Waals surface area contributed by atoms with Crippen LogP contribution in [0.25, 0.3) is 0 Å². The fourth-order valence-electron chi connectivity index (χ4n) is 2.77. The van der Waals surface area contributed by atoms with Crippen molar-refractivity contribution >= 4 is 0 Å². The van der Waals surface area contributed by atoms with E-state index < -0.39 is 0 Å². The van der Waals surface area contributed by atoms with Gasteiger partial charge >= 0.3 is 0 Å². The van der Waals surface area contributed by atoms with E-state index in [1.54, 1.807) is 0 Å². The van der Waals surface area contributed by atoms with Crippen molar-refractivity contribution in [2.24, 2.45) is 5.84 Å². The molecule has 0 spiro atoms. The lowest BCUT2D eigenvalue weighted by Crippen LogP contribution is -2.28. The van der Waals surface area contributed by atoms with Crippen LogP contribution in [0.1, 0.15) is 81.0 Å². The Morgan fingerprint density at radius 2 is 1.65 bits per heavy atom. The second-order valence-electron chi connectivity index (χ2n) is 5.99. The third-order valence-corrected chi connectivity index (χ3v) is 4.11. The van der Waals surface area contributed by atoms with Crippen LogP contribution in [-0.2, 0) is 0 Å². The molecule has 1 aromatic rings. The van der Waals surface area contributed by atoms with Gasteiger partial charge in [0.15, 0.2) is 0 Å². The highest BCUT2D eigenvalue weighted by Gasteiger charge is 2.11. The lowest BCUT2D eigenvalue weighted by molar-refractivity contribution is 0.474. The van der Waals surface area contributed by atoms with Gasteiger partial charge in [0.05, 0.1) is 0 Å². The highest BCUT2D eigenvalue weighted by atomic mass is 15.2. The van der Waals surface area contributed by atoms with Gasteiger partial charge in [-0.05, 0) is 31.4 Å². The van der Waals surface area contributed by atoms with Crippen LogP contribution in [0, 0.1) is 13.8 Å². The van der Waals surface area contributed by atoms with E-state index in [0.717, 1.165) is 6.42 Å². The van der Waals surface area contributed by atoms with Gasteiger partial charge in [0.2, 0.25) is 0 Å². The number of aryl methyl sites for hydroxylation is 2. The van der Waals surface area contributed by atoms with E-state index in [9.17, 15) is 0 Å². The molecule has 3 N–H and O–H groups in total. The van der Waals surface area contributed by atoms with Crippen LogP contribution in [0.3, 0.4) is 0 Å². The zero-order valence-electron chi connectivity index (χ0n) is 13.5. The molecular formula is C18H32N2. The summed E-state index contributed by atoms with van der Waals surface area (Å²) in [7, 11) is 0. The lowest BCUT2D eigenvalue weighted by Gasteiger charge is -2.19. The molecular weight excluding hydrogens is 244 g/mol. The number of benzene rings is 1. The molecule has 114 valence electrons. The molecule has 0 aliphatic carbocycles. The predicted molar refractivity (Wildman–Crippen MR) is 88.6 cm³/mol. The minimum absolute atomic E-state index is 0.297. The van der Waals surface area contributed by atoms with Crippen molar-refractivity contribution in [2.45, 2.75) is 78.2 Å². The summed E-state index contributed by atoms with van der Waals surface area (Å²) >= 11 is 0. The van der Waals surface area contributed by atoms with E-state index in [1.165, 1.54) is 61.6 Å². The van der Waals surface area contributed by atoms with Gasteiger partial charge < -0.3 is 0 Å². The SMILES string of the molecule is CCCCCCCCCC(NN)c1cc(C)ccc1C. The molecule has 0 aromatic heterocycles. The van der Waals surface area contributed by atoms with Crippen LogP contribution in [0.15, 0.2) is 18.2 Å². The number of rotatable bonds is 10. The maximum Gasteiger partial charge on any atom is 0.0462 e. The first kappa shape index (κ1) is 17.2. The maximum atomic E-state index is 5.75. The molecule has 2 nitrogen and oxygen atoms in total. The van der Waals surface area contributed by atoms with Crippen LogP contribution in [0.5, 0.6) is 0 Å². The molecule has 1 aromatic carbocycles. The zero-order valence-corrected chi connectivity index (χ0v) is 13.5. The second-order valence-corrected chi connectivity index (χ2v) is 5.99. The number of nitrogens with one attached hydrogen (secondary N) is 1. The summed E-state index contributed by atoms with van der Waals surface area (Å²) in [5, 5.41) is 0. The highest BCUT2D eigenvalue weighted by Crippen LogP contribution is 2.24. The molecule has 1 rings (SSSR count). The number of hydrogen-bond donors (Lipinski definition) is 2. The molecule has 20 heavy (non-hydrogen) atoms. The van der Waals surface area contributed by atoms with Gasteiger partial charge in [-0.2, -0.15) is 0 Å². The standard InChI is InChI=1S/C18H32N2/c1-4-5-6-7-8-9-10-11-18(20-19)17-14-15(2)12-13-16(17)3/h12-14,18,20H,4-11,19H2,1-3H3. The Morgan fingerprint density at radius 1 is 1.00 bits per heavy atom. The zero-order chi connectivity index (χ0) is 14.8. The summed E-state index contributed by atoms with van der Waals surface area (Å²) in [6, 6.07) is 6.92. The van der Waals surface area contributed by atoms with E-state index in [4.69, 9.17) is 5.84 Å². The summed E-state index contributed by atoms with van der Waals surface area (Å²) < 4.78 is 0. The van der Waals surface area contributed by atoms with Crippen molar-refractivity contribution in [3.05, 3.63) is 34.9 Å². The summed E-state index contributed by atoms with van der Waals surface area (Å²) in [6.07, 6.45) is 10.6. The molecule has 1 unspecified atom stereocenters. The molecule has 1 atom stereocenters. The van der Waals surface area contributed by atoms with E-state index in [1.807, 2.05) is 0 Å². The number of unbranched alkanes of at least 4 members (excludes halogenated alkanes) is 6. The highest BCUT2D eigenvalue weighted by molar-refractivity contribution is 5.32. The van der Waals surface area contributed by atoms with E-state index in [0.29, 0.717) is 6.04 Å². The van der Waals surface area contributed by atoms with Gasteiger partial charge in [-0.25, -0.2) is 0 Å². The lowest BCUT2D eigenvalue weighted by atomic mass is 9.95. The minimum Gasteiger partial charge on any atom is -0.271 e. The smallest absolute Gasteiger partial charge is 0.0462 e. The first-order chi connectivity index (χ1) is 9.69. The Balaban J connectivity index is 2.34. The van der Waals surface area contributed by atoms with Crippen molar-refractivity contribution in [2.75, 3.05) is 0 Å². The number of hydrazine groups is 1. The average molecular weight is 276 g/mol. The number of hydrogen-bond acceptors (Lipinski definition) is 2. The van der Waals surface area contributed by atoms with Crippen molar-refractivity contribution in [1.82, 2.24) is 5.43 Å². The fraction of sp³-hybridized carbons (Fsp3) is 0.667. The first-order valence-electron chi connectivity index (χ1n) is 8.22. The van der Waals surface area contributed by atoms with Crippen LogP contribution in [-0.4, -0.2) is 0 Å². The molecule has 0 heterocycles. The third kappa shape index (κ3) is 6.06. The second kappa shape index (κ2) is 9.95. The molecule has 0 fully saturated rings. The van der Waals surface area contributed by atoms with Crippen LogP contribution in [0.4, 0.5) is 0 Å². The first-order valence-corrected chi connectivity index (χ1v) is 8.22. The van der Waals surface area contributed by atoms with Gasteiger partial charge in [0.25, 0.3) is 0 Å². The topological polar surface area (TPSA) is 38.0 Å². The predicted octanol–water partition coefficient (Wildman–Crippen LogP) is 4.95. The summed E-state index contributed by atoms with van der Waals surface area (Å²) in [5.41, 5.74) is 7.00. The molecule has 0 amide bonds. The van der Waals surface area contributed by atoms with Gasteiger partial charge in [-0.3, -0.25) is 11.3 Å². The van der Waals surface area contributed by atoms with Gasteiger partial charge in [0, 0.05) is 6.04 Å². The Morgan fingerprint density at radius 3 is 2.30 bits per heavy atom. The average Bonchev–Trinajstić information content (AvgIpc) is 2.45. The van der Waals surface area contributed by atoms with Gasteiger partial charge in [-0.15, -0.1) is 0 Å². The van der Waals surface area contributed by atoms with E-state index >= 15 is 0 Å². The van der Waals surface area contributed by atoms with Gasteiger partial charge in [-0.1, -0.05) is 75.6 Å². The van der Waals surface area contributed by atoms with Crippen LogP contribution < -0.4 is 11.3 Å². The quantitative estimate of drug-likeness (QED) is 0.360. The maximum absolute atomic E-state index is 5.75. The summed E-state index contributed by atoms with van der Waals surface area (Å²) in [5.74, 6) is 5.75. The Hall–Kier alpha value is -0.860. The normalized spacial score (nSPS) is 12.6.